The second-order valence-electron chi connectivity index (χ2n) is 5.97. The number of hydrogen-bond donors (Lipinski definition) is 4. The molecule has 2 heterocycles. The Balaban J connectivity index is 2.03. The van der Waals surface area contributed by atoms with Crippen LogP contribution in [0.1, 0.15) is 26.5 Å². The second kappa shape index (κ2) is 7.87. The Bertz CT molecular complexity index is 718. The van der Waals surface area contributed by atoms with Crippen LogP contribution in [-0.4, -0.2) is 61.9 Å². The minimum atomic E-state index is -1.50. The van der Waals surface area contributed by atoms with Crippen LogP contribution in [0.5, 0.6) is 0 Å². The number of nitrogens with two attached hydrogens (primary N) is 1. The van der Waals surface area contributed by atoms with E-state index in [9.17, 15) is 24.6 Å². The number of aliphatic hydroxyl groups is 2. The van der Waals surface area contributed by atoms with E-state index in [1.165, 1.54) is 0 Å². The highest BCUT2D eigenvalue weighted by Crippen LogP contribution is 2.28. The molecule has 1 aromatic heterocycles. The summed E-state index contributed by atoms with van der Waals surface area (Å²) in [5, 5.41) is 23.6. The molecule has 140 valence electrons. The van der Waals surface area contributed by atoms with Gasteiger partial charge in [-0.3, -0.25) is 14.6 Å². The number of esters is 1. The van der Waals surface area contributed by atoms with Gasteiger partial charge in [0.25, 0.3) is 5.56 Å². The molecule has 1 aliphatic rings. The number of aromatic nitrogens is 3. The van der Waals surface area contributed by atoms with E-state index in [2.05, 4.69) is 5.10 Å². The second-order valence-corrected chi connectivity index (χ2v) is 5.97. The normalized spacial score (nSPS) is 28.5. The molecule has 1 aliphatic heterocycles. The van der Waals surface area contributed by atoms with Crippen molar-refractivity contribution in [2.24, 2.45) is 11.7 Å². The number of H-pyrrole nitrogens is 1. The molecule has 1 saturated heterocycles. The summed E-state index contributed by atoms with van der Waals surface area (Å²) in [4.78, 5) is 36.6. The van der Waals surface area contributed by atoms with E-state index < -0.39 is 47.8 Å². The van der Waals surface area contributed by atoms with E-state index in [1.807, 2.05) is 11.9 Å². The van der Waals surface area contributed by atoms with Gasteiger partial charge in [0.05, 0.1) is 0 Å². The number of nitrogens with zero attached hydrogens (tertiary/aromatic N) is 2. The van der Waals surface area contributed by atoms with Crippen LogP contribution in [0.15, 0.2) is 15.8 Å². The molecule has 0 amide bonds. The number of carbonyl (C=O) groups is 1. The van der Waals surface area contributed by atoms with Crippen LogP contribution in [0, 0.1) is 5.92 Å². The van der Waals surface area contributed by atoms with Gasteiger partial charge in [0.15, 0.2) is 6.23 Å². The lowest BCUT2D eigenvalue weighted by molar-refractivity contribution is -0.153. The van der Waals surface area contributed by atoms with Gasteiger partial charge in [-0.15, -0.1) is 0 Å². The fraction of sp³-hybridized carbons (Fsp3) is 0.714. The van der Waals surface area contributed by atoms with Crippen molar-refractivity contribution in [3.8, 4) is 0 Å². The number of ether oxygens (including phenoxy) is 2. The van der Waals surface area contributed by atoms with Crippen LogP contribution in [0.25, 0.3) is 0 Å². The third kappa shape index (κ3) is 4.12. The summed E-state index contributed by atoms with van der Waals surface area (Å²) >= 11 is 0. The maximum atomic E-state index is 11.9. The van der Waals surface area contributed by atoms with Gasteiger partial charge in [0.2, 0.25) is 0 Å². The van der Waals surface area contributed by atoms with Crippen molar-refractivity contribution in [2.75, 3.05) is 6.61 Å². The Morgan fingerprint density at radius 2 is 2.16 bits per heavy atom. The molecule has 25 heavy (non-hydrogen) atoms. The zero-order valence-electron chi connectivity index (χ0n) is 13.9. The predicted octanol–water partition coefficient (Wildman–Crippen LogP) is -2.53. The molecular weight excluding hydrogens is 336 g/mol. The van der Waals surface area contributed by atoms with Crippen LogP contribution in [0.2, 0.25) is 0 Å². The molecule has 11 nitrogen and oxygen atoms in total. The van der Waals surface area contributed by atoms with Crippen molar-refractivity contribution in [1.29, 1.82) is 0 Å². The van der Waals surface area contributed by atoms with Crippen molar-refractivity contribution in [1.82, 2.24) is 14.8 Å². The van der Waals surface area contributed by atoms with Gasteiger partial charge < -0.3 is 25.4 Å². The molecule has 0 bridgehead atoms. The summed E-state index contributed by atoms with van der Waals surface area (Å²) in [5.74, 6) is -0.730. The standard InChI is InChI=1S/C14H22N4O7/c1-3-6(2)9(15)13(22)24-5-7-10(20)11(21)12(25-7)18-14(23)17-8(19)4-16-18/h4,6-7,9-12,20-21H,3,5,15H2,1-2H3,(H,17,19,23)/t6-,7+,9-,10?,11?,12?/m0/s1. The van der Waals surface area contributed by atoms with E-state index in [4.69, 9.17) is 15.2 Å². The highest BCUT2D eigenvalue weighted by molar-refractivity contribution is 5.75. The zero-order chi connectivity index (χ0) is 18.7. The third-order valence-corrected chi connectivity index (χ3v) is 4.23. The van der Waals surface area contributed by atoms with Crippen LogP contribution >= 0.6 is 0 Å². The number of carbonyl (C=O) groups excluding carboxylic acids is 1. The highest BCUT2D eigenvalue weighted by Gasteiger charge is 2.45. The quantitative estimate of drug-likeness (QED) is 0.400. The van der Waals surface area contributed by atoms with Crippen molar-refractivity contribution in [2.45, 2.75) is 50.8 Å². The largest absolute Gasteiger partial charge is 0.462 e. The molecule has 0 radical (unpaired) electrons. The Kier molecular flexibility index (Phi) is 6.06. The molecule has 11 heteroatoms. The van der Waals surface area contributed by atoms with E-state index in [0.717, 1.165) is 6.20 Å². The summed E-state index contributed by atoms with van der Waals surface area (Å²) in [7, 11) is 0. The smallest absolute Gasteiger partial charge is 0.347 e. The number of aromatic amines is 1. The molecule has 0 saturated carbocycles. The van der Waals surface area contributed by atoms with Crippen molar-refractivity contribution in [3.63, 3.8) is 0 Å². The Hall–Kier alpha value is -2.08. The van der Waals surface area contributed by atoms with Gasteiger partial charge in [-0.1, -0.05) is 20.3 Å². The van der Waals surface area contributed by atoms with E-state index in [0.29, 0.717) is 11.1 Å². The molecule has 0 aromatic carbocycles. The van der Waals surface area contributed by atoms with Crippen LogP contribution < -0.4 is 17.0 Å². The number of aliphatic hydroxyl groups excluding tert-OH is 2. The minimum Gasteiger partial charge on any atom is -0.462 e. The molecule has 5 N–H and O–H groups in total. The fourth-order valence-corrected chi connectivity index (χ4v) is 2.36. The van der Waals surface area contributed by atoms with E-state index in [-0.39, 0.29) is 12.5 Å². The lowest BCUT2D eigenvalue weighted by Gasteiger charge is -2.19. The molecular formula is C14H22N4O7. The van der Waals surface area contributed by atoms with Crippen LogP contribution in [0.4, 0.5) is 0 Å². The van der Waals surface area contributed by atoms with Gasteiger partial charge in [-0.2, -0.15) is 9.78 Å². The van der Waals surface area contributed by atoms with E-state index in [1.54, 1.807) is 6.92 Å². The third-order valence-electron chi connectivity index (χ3n) is 4.23. The topological polar surface area (TPSA) is 170 Å². The SMILES string of the molecule is CC[C@H](C)[C@H](N)C(=O)OC[C@H]1OC(n2ncc(=O)[nH]c2=O)C(O)C1O. The van der Waals surface area contributed by atoms with Gasteiger partial charge in [-0.25, -0.2) is 4.79 Å². The summed E-state index contributed by atoms with van der Waals surface area (Å²) in [6.07, 6.45) is -3.79. The first kappa shape index (κ1) is 19.2. The first-order valence-corrected chi connectivity index (χ1v) is 7.88. The average molecular weight is 358 g/mol. The number of hydrogen-bond acceptors (Lipinski definition) is 9. The van der Waals surface area contributed by atoms with Crippen LogP contribution in [-0.2, 0) is 14.3 Å². The summed E-state index contributed by atoms with van der Waals surface area (Å²) in [5.41, 5.74) is 4.14. The molecule has 2 rings (SSSR count). The van der Waals surface area contributed by atoms with Crippen molar-refractivity contribution < 1.29 is 24.5 Å². The van der Waals surface area contributed by atoms with Gasteiger partial charge >= 0.3 is 11.7 Å². The van der Waals surface area contributed by atoms with Gasteiger partial charge in [-0.05, 0) is 5.92 Å². The zero-order valence-corrected chi connectivity index (χ0v) is 13.9. The first-order valence-electron chi connectivity index (χ1n) is 7.88. The van der Waals surface area contributed by atoms with Crippen molar-refractivity contribution in [3.05, 3.63) is 27.0 Å². The monoisotopic (exact) mass is 358 g/mol. The molecule has 0 spiro atoms. The summed E-state index contributed by atoms with van der Waals surface area (Å²) in [6, 6.07) is -0.812. The van der Waals surface area contributed by atoms with Crippen molar-refractivity contribution >= 4 is 5.97 Å². The van der Waals surface area contributed by atoms with Crippen LogP contribution in [0.3, 0.4) is 0 Å². The molecule has 6 atom stereocenters. The summed E-state index contributed by atoms with van der Waals surface area (Å²) in [6.45, 7) is 3.34. The Labute approximate surface area is 142 Å². The first-order chi connectivity index (χ1) is 11.8. The van der Waals surface area contributed by atoms with Gasteiger partial charge in [0, 0.05) is 0 Å². The average Bonchev–Trinajstić information content (AvgIpc) is 2.86. The predicted molar refractivity (Wildman–Crippen MR) is 83.4 cm³/mol. The molecule has 0 aliphatic carbocycles. The summed E-state index contributed by atoms with van der Waals surface area (Å²) < 4.78 is 11.1. The Morgan fingerprint density at radius 1 is 1.48 bits per heavy atom. The minimum absolute atomic E-state index is 0.0795. The highest BCUT2D eigenvalue weighted by atomic mass is 16.6. The maximum Gasteiger partial charge on any atom is 0.347 e. The molecule has 1 fully saturated rings. The lowest BCUT2D eigenvalue weighted by atomic mass is 10.0. The maximum absolute atomic E-state index is 11.9. The number of rotatable bonds is 6. The van der Waals surface area contributed by atoms with E-state index >= 15 is 0 Å². The van der Waals surface area contributed by atoms with Gasteiger partial charge in [0.1, 0.15) is 37.2 Å². The fourth-order valence-electron chi connectivity index (χ4n) is 2.36. The lowest BCUT2D eigenvalue weighted by Crippen LogP contribution is -2.41. The number of nitrogens with one attached hydrogen (secondary N) is 1. The molecule has 3 unspecified atom stereocenters. The molecule has 1 aromatic rings. The Morgan fingerprint density at radius 3 is 2.76 bits per heavy atom.